The first-order valence-electron chi connectivity index (χ1n) is 6.09. The quantitative estimate of drug-likeness (QED) is 0.781. The van der Waals surface area contributed by atoms with E-state index < -0.39 is 0 Å². The van der Waals surface area contributed by atoms with Crippen molar-refractivity contribution in [2.24, 2.45) is 0 Å². The summed E-state index contributed by atoms with van der Waals surface area (Å²) in [6.07, 6.45) is 3.93. The Morgan fingerprint density at radius 1 is 1.47 bits per heavy atom. The van der Waals surface area contributed by atoms with Gasteiger partial charge in [-0.3, -0.25) is 4.79 Å². The lowest BCUT2D eigenvalue weighted by Gasteiger charge is -2.04. The minimum atomic E-state index is -0.182. The van der Waals surface area contributed by atoms with Crippen molar-refractivity contribution in [3.63, 3.8) is 0 Å². The van der Waals surface area contributed by atoms with Gasteiger partial charge in [0.2, 0.25) is 0 Å². The lowest BCUT2D eigenvalue weighted by Crippen LogP contribution is -2.25. The number of nitrogens with one attached hydrogen (secondary N) is 1. The number of fused-ring (bicyclic) bond motifs is 1. The Bertz CT molecular complexity index is 570. The Hall–Kier alpha value is -1.73. The molecule has 2 heterocycles. The van der Waals surface area contributed by atoms with Gasteiger partial charge in [0.1, 0.15) is 15.2 Å². The summed E-state index contributed by atoms with van der Waals surface area (Å²) in [5.74, 6) is -0.182. The molecule has 0 aliphatic heterocycles. The molecule has 0 spiro atoms. The summed E-state index contributed by atoms with van der Waals surface area (Å²) in [4.78, 5) is 21.4. The van der Waals surface area contributed by atoms with Crippen LogP contribution >= 0.6 is 11.3 Å². The van der Waals surface area contributed by atoms with E-state index in [1.54, 1.807) is 12.4 Å². The predicted molar refractivity (Wildman–Crippen MR) is 75.3 cm³/mol. The van der Waals surface area contributed by atoms with Crippen LogP contribution in [0, 0.1) is 0 Å². The first-order chi connectivity index (χ1) is 9.24. The molecule has 1 amide bonds. The smallest absolute Gasteiger partial charge is 0.263 e. The summed E-state index contributed by atoms with van der Waals surface area (Å²) >= 11 is 1.26. The van der Waals surface area contributed by atoms with E-state index in [0.717, 1.165) is 6.42 Å². The number of rotatable bonds is 6. The number of ether oxygens (including phenoxy) is 1. The standard InChI is InChI=1S/C12H16N4O2S/c1-2-18-7-3-4-15-11(17)10-8(13)9-12(19-10)16-6-5-14-9/h5-6H,2-4,7,13H2,1H3,(H,15,17). The van der Waals surface area contributed by atoms with Gasteiger partial charge in [0.05, 0.1) is 5.69 Å². The molecule has 0 fully saturated rings. The SMILES string of the molecule is CCOCCCNC(=O)c1sc2nccnc2c1N. The zero-order valence-corrected chi connectivity index (χ0v) is 11.5. The van der Waals surface area contributed by atoms with Crippen molar-refractivity contribution in [2.75, 3.05) is 25.5 Å². The Labute approximate surface area is 115 Å². The van der Waals surface area contributed by atoms with Crippen LogP contribution in [0.5, 0.6) is 0 Å². The third kappa shape index (κ3) is 3.18. The fourth-order valence-electron chi connectivity index (χ4n) is 1.61. The summed E-state index contributed by atoms with van der Waals surface area (Å²) in [6, 6.07) is 0. The molecule has 2 rings (SSSR count). The van der Waals surface area contributed by atoms with E-state index in [1.165, 1.54) is 11.3 Å². The molecule has 0 unspecified atom stereocenters. The van der Waals surface area contributed by atoms with Gasteiger partial charge in [-0.05, 0) is 13.3 Å². The highest BCUT2D eigenvalue weighted by atomic mass is 32.1. The van der Waals surface area contributed by atoms with Crippen molar-refractivity contribution >= 4 is 33.3 Å². The minimum absolute atomic E-state index is 0.182. The summed E-state index contributed by atoms with van der Waals surface area (Å²) in [7, 11) is 0. The van der Waals surface area contributed by atoms with Gasteiger partial charge in [0, 0.05) is 32.2 Å². The maximum atomic E-state index is 12.0. The molecule has 2 aromatic rings. The molecular weight excluding hydrogens is 264 g/mol. The van der Waals surface area contributed by atoms with Crippen molar-refractivity contribution in [2.45, 2.75) is 13.3 Å². The third-order valence-electron chi connectivity index (χ3n) is 2.52. The molecule has 0 radical (unpaired) electrons. The number of nitrogen functional groups attached to an aromatic ring is 1. The van der Waals surface area contributed by atoms with Crippen molar-refractivity contribution in [3.8, 4) is 0 Å². The van der Waals surface area contributed by atoms with Crippen LogP contribution < -0.4 is 11.1 Å². The van der Waals surface area contributed by atoms with Crippen molar-refractivity contribution in [1.29, 1.82) is 0 Å². The van der Waals surface area contributed by atoms with Gasteiger partial charge in [0.15, 0.2) is 0 Å². The monoisotopic (exact) mass is 280 g/mol. The molecule has 0 bridgehead atoms. The highest BCUT2D eigenvalue weighted by molar-refractivity contribution is 7.21. The predicted octanol–water partition coefficient (Wildman–Crippen LogP) is 1.43. The number of aromatic nitrogens is 2. The normalized spacial score (nSPS) is 10.8. The zero-order valence-electron chi connectivity index (χ0n) is 10.7. The Morgan fingerprint density at radius 2 is 2.26 bits per heavy atom. The summed E-state index contributed by atoms with van der Waals surface area (Å²) in [5, 5.41) is 2.82. The first-order valence-corrected chi connectivity index (χ1v) is 6.90. The fraction of sp³-hybridized carbons (Fsp3) is 0.417. The van der Waals surface area contributed by atoms with Gasteiger partial charge >= 0.3 is 0 Å². The molecule has 0 atom stereocenters. The number of hydrogen-bond acceptors (Lipinski definition) is 6. The average Bonchev–Trinajstić information content (AvgIpc) is 2.76. The second kappa shape index (κ2) is 6.44. The number of carbonyl (C=O) groups excluding carboxylic acids is 1. The van der Waals surface area contributed by atoms with Crippen LogP contribution in [0.25, 0.3) is 10.3 Å². The number of nitrogens with two attached hydrogens (primary N) is 1. The number of amides is 1. The molecule has 0 aromatic carbocycles. The van der Waals surface area contributed by atoms with E-state index in [1.807, 2.05) is 6.92 Å². The number of anilines is 1. The minimum Gasteiger partial charge on any atom is -0.396 e. The molecule has 7 heteroatoms. The van der Waals surface area contributed by atoms with Crippen LogP contribution in [0.1, 0.15) is 23.0 Å². The van der Waals surface area contributed by atoms with Crippen LogP contribution in [-0.4, -0.2) is 35.6 Å². The van der Waals surface area contributed by atoms with Crippen LogP contribution in [0.3, 0.4) is 0 Å². The second-order valence-electron chi connectivity index (χ2n) is 3.86. The number of carbonyl (C=O) groups is 1. The second-order valence-corrected chi connectivity index (χ2v) is 4.86. The molecule has 0 saturated carbocycles. The summed E-state index contributed by atoms with van der Waals surface area (Å²) in [6.45, 7) is 3.83. The van der Waals surface area contributed by atoms with Gasteiger partial charge in [-0.2, -0.15) is 0 Å². The lowest BCUT2D eigenvalue weighted by atomic mass is 10.3. The van der Waals surface area contributed by atoms with E-state index in [0.29, 0.717) is 40.7 Å². The Morgan fingerprint density at radius 3 is 3.00 bits per heavy atom. The largest absolute Gasteiger partial charge is 0.396 e. The number of thiophene rings is 1. The van der Waals surface area contributed by atoms with Crippen LogP contribution in [-0.2, 0) is 4.74 Å². The summed E-state index contributed by atoms with van der Waals surface area (Å²) in [5.41, 5.74) is 6.90. The van der Waals surface area contributed by atoms with Crippen molar-refractivity contribution in [1.82, 2.24) is 15.3 Å². The zero-order chi connectivity index (χ0) is 13.7. The molecule has 19 heavy (non-hydrogen) atoms. The number of nitrogens with zero attached hydrogens (tertiary/aromatic N) is 2. The van der Waals surface area contributed by atoms with Gasteiger partial charge in [-0.15, -0.1) is 11.3 Å². The molecular formula is C12H16N4O2S. The van der Waals surface area contributed by atoms with E-state index in [-0.39, 0.29) is 5.91 Å². The maximum absolute atomic E-state index is 12.0. The van der Waals surface area contributed by atoms with Crippen molar-refractivity contribution < 1.29 is 9.53 Å². The third-order valence-corrected chi connectivity index (χ3v) is 3.63. The highest BCUT2D eigenvalue weighted by Gasteiger charge is 2.17. The molecule has 0 saturated heterocycles. The van der Waals surface area contributed by atoms with Crippen LogP contribution in [0.2, 0.25) is 0 Å². The van der Waals surface area contributed by atoms with Gasteiger partial charge in [0.25, 0.3) is 5.91 Å². The molecule has 6 nitrogen and oxygen atoms in total. The number of hydrogen-bond donors (Lipinski definition) is 2. The highest BCUT2D eigenvalue weighted by Crippen LogP contribution is 2.30. The lowest BCUT2D eigenvalue weighted by molar-refractivity contribution is 0.0949. The van der Waals surface area contributed by atoms with E-state index >= 15 is 0 Å². The first kappa shape index (κ1) is 13.7. The van der Waals surface area contributed by atoms with Crippen LogP contribution in [0.15, 0.2) is 12.4 Å². The maximum Gasteiger partial charge on any atom is 0.263 e. The molecule has 2 aromatic heterocycles. The Kier molecular flexibility index (Phi) is 4.64. The molecule has 3 N–H and O–H groups in total. The molecule has 0 aliphatic carbocycles. The van der Waals surface area contributed by atoms with Gasteiger partial charge in [-0.25, -0.2) is 9.97 Å². The van der Waals surface area contributed by atoms with Crippen LogP contribution in [0.4, 0.5) is 5.69 Å². The topological polar surface area (TPSA) is 90.1 Å². The molecule has 102 valence electrons. The summed E-state index contributed by atoms with van der Waals surface area (Å²) < 4.78 is 5.20. The van der Waals surface area contributed by atoms with Gasteiger partial charge < -0.3 is 15.8 Å². The van der Waals surface area contributed by atoms with E-state index in [2.05, 4.69) is 15.3 Å². The van der Waals surface area contributed by atoms with Gasteiger partial charge in [-0.1, -0.05) is 0 Å². The van der Waals surface area contributed by atoms with E-state index in [9.17, 15) is 4.79 Å². The van der Waals surface area contributed by atoms with Crippen molar-refractivity contribution in [3.05, 3.63) is 17.3 Å². The van der Waals surface area contributed by atoms with E-state index in [4.69, 9.17) is 10.5 Å². The Balaban J connectivity index is 1.99. The molecule has 0 aliphatic rings. The average molecular weight is 280 g/mol. The fourth-order valence-corrected chi connectivity index (χ4v) is 2.55.